The predicted molar refractivity (Wildman–Crippen MR) is 180 cm³/mol. The van der Waals surface area contributed by atoms with Gasteiger partial charge in [0.05, 0.1) is 43.9 Å². The summed E-state index contributed by atoms with van der Waals surface area (Å²) in [5.74, 6) is -1.27. The standard InChI is InChI=1S/C34H41Cl2F3N6O2/c1-32(2,3)30(47)40-17-19-5-10-23(35)28(27(19)36)43-31-42-24-15-22(29(46)41-21-8-6-20(7-9-21)34(37,38)39)25(16-26(24)44(31)4)45-14-13-33(18-45)11-12-33/h5,10,15-16,20-21H,6-9,11-14,17-18H2,1-4H3,(H,40,47)(H,41,46)(H,42,43). The molecule has 2 saturated carbocycles. The van der Waals surface area contributed by atoms with E-state index in [0.717, 1.165) is 30.7 Å². The Morgan fingerprint density at radius 1 is 1.04 bits per heavy atom. The summed E-state index contributed by atoms with van der Waals surface area (Å²) >= 11 is 13.4. The van der Waals surface area contributed by atoms with Gasteiger partial charge in [-0.3, -0.25) is 9.59 Å². The number of alkyl halides is 3. The molecule has 2 aromatic carbocycles. The van der Waals surface area contributed by atoms with Crippen LogP contribution in [-0.2, 0) is 18.4 Å². The van der Waals surface area contributed by atoms with Crippen LogP contribution in [0, 0.1) is 16.7 Å². The van der Waals surface area contributed by atoms with Crippen LogP contribution in [0.2, 0.25) is 10.0 Å². The van der Waals surface area contributed by atoms with Crippen molar-refractivity contribution < 1.29 is 22.8 Å². The molecule has 3 N–H and O–H groups in total. The van der Waals surface area contributed by atoms with Gasteiger partial charge >= 0.3 is 6.18 Å². The number of aromatic nitrogens is 2. The number of halogens is 5. The zero-order chi connectivity index (χ0) is 33.9. The first-order valence-corrected chi connectivity index (χ1v) is 17.0. The molecule has 0 bridgehead atoms. The number of rotatable bonds is 7. The number of nitrogens with one attached hydrogen (secondary N) is 3. The zero-order valence-corrected chi connectivity index (χ0v) is 28.6. The van der Waals surface area contributed by atoms with Crippen LogP contribution in [-0.4, -0.2) is 46.7 Å². The number of aryl methyl sites for hydroxylation is 1. The van der Waals surface area contributed by atoms with Gasteiger partial charge < -0.3 is 25.4 Å². The third-order valence-corrected chi connectivity index (χ3v) is 10.8. The Kier molecular flexibility index (Phi) is 8.87. The molecule has 0 radical (unpaired) electrons. The predicted octanol–water partition coefficient (Wildman–Crippen LogP) is 8.13. The van der Waals surface area contributed by atoms with E-state index in [2.05, 4.69) is 20.9 Å². The lowest BCUT2D eigenvalue weighted by atomic mass is 9.85. The highest BCUT2D eigenvalue weighted by Crippen LogP contribution is 2.54. The van der Waals surface area contributed by atoms with Crippen molar-refractivity contribution in [2.75, 3.05) is 23.3 Å². The lowest BCUT2D eigenvalue weighted by Crippen LogP contribution is -2.40. The maximum atomic E-state index is 13.8. The highest BCUT2D eigenvalue weighted by atomic mass is 35.5. The van der Waals surface area contributed by atoms with Gasteiger partial charge in [0.2, 0.25) is 11.9 Å². The van der Waals surface area contributed by atoms with Crippen molar-refractivity contribution in [2.24, 2.45) is 23.8 Å². The molecule has 1 aliphatic heterocycles. The number of fused-ring (bicyclic) bond motifs is 1. The summed E-state index contributed by atoms with van der Waals surface area (Å²) in [5.41, 5.74) is 3.51. The molecule has 2 heterocycles. The van der Waals surface area contributed by atoms with E-state index >= 15 is 0 Å². The topological polar surface area (TPSA) is 91.3 Å². The van der Waals surface area contributed by atoms with Crippen molar-refractivity contribution in [3.8, 4) is 0 Å². The van der Waals surface area contributed by atoms with Crippen molar-refractivity contribution in [1.82, 2.24) is 20.2 Å². The Labute approximate surface area is 282 Å². The molecule has 2 aliphatic carbocycles. The summed E-state index contributed by atoms with van der Waals surface area (Å²) in [5, 5.41) is 9.95. The third-order valence-electron chi connectivity index (χ3n) is 10.0. The average Bonchev–Trinajstić information content (AvgIpc) is 3.53. The second-order valence-corrected chi connectivity index (χ2v) is 15.3. The van der Waals surface area contributed by atoms with Gasteiger partial charge in [-0.2, -0.15) is 13.2 Å². The molecule has 254 valence electrons. The zero-order valence-electron chi connectivity index (χ0n) is 27.1. The maximum Gasteiger partial charge on any atom is 0.391 e. The molecule has 0 unspecified atom stereocenters. The van der Waals surface area contributed by atoms with Crippen LogP contribution in [0.3, 0.4) is 0 Å². The van der Waals surface area contributed by atoms with E-state index < -0.39 is 17.5 Å². The Bertz CT molecular complexity index is 1700. The summed E-state index contributed by atoms with van der Waals surface area (Å²) in [4.78, 5) is 33.3. The van der Waals surface area contributed by atoms with E-state index in [1.807, 2.05) is 38.5 Å². The molecule has 1 aromatic heterocycles. The lowest BCUT2D eigenvalue weighted by Gasteiger charge is -2.30. The van der Waals surface area contributed by atoms with Crippen molar-refractivity contribution in [3.05, 3.63) is 45.4 Å². The van der Waals surface area contributed by atoms with Gasteiger partial charge in [-0.1, -0.05) is 50.0 Å². The van der Waals surface area contributed by atoms with E-state index in [1.165, 1.54) is 12.8 Å². The highest BCUT2D eigenvalue weighted by molar-refractivity contribution is 6.39. The van der Waals surface area contributed by atoms with Gasteiger partial charge in [0.15, 0.2) is 0 Å². The third kappa shape index (κ3) is 7.02. The van der Waals surface area contributed by atoms with E-state index in [4.69, 9.17) is 28.2 Å². The van der Waals surface area contributed by atoms with Crippen LogP contribution < -0.4 is 20.9 Å². The molecule has 47 heavy (non-hydrogen) atoms. The fraction of sp³-hybridized carbons (Fsp3) is 0.559. The molecule has 13 heteroatoms. The van der Waals surface area contributed by atoms with Gasteiger partial charge in [-0.15, -0.1) is 0 Å². The fourth-order valence-electron chi connectivity index (χ4n) is 6.74. The number of carbonyl (C=O) groups is 2. The molecule has 6 rings (SSSR count). The fourth-order valence-corrected chi connectivity index (χ4v) is 7.27. The normalized spacial score (nSPS) is 20.9. The first kappa shape index (κ1) is 33.7. The molecule has 3 aromatic rings. The molecule has 3 aliphatic rings. The number of nitrogens with zero attached hydrogens (tertiary/aromatic N) is 3. The molecule has 0 atom stereocenters. The van der Waals surface area contributed by atoms with Gasteiger partial charge in [-0.25, -0.2) is 4.98 Å². The molecule has 1 saturated heterocycles. The molecular formula is C34H41Cl2F3N6O2. The highest BCUT2D eigenvalue weighted by Gasteiger charge is 2.48. The number of imidazole rings is 1. The molecule has 2 amide bonds. The van der Waals surface area contributed by atoms with E-state index in [1.54, 1.807) is 18.2 Å². The molecule has 1 spiro atoms. The number of hydrogen-bond acceptors (Lipinski definition) is 5. The Balaban J connectivity index is 1.28. The SMILES string of the molecule is Cn1c(Nc2c(Cl)ccc(CNC(=O)C(C)(C)C)c2Cl)nc2cc(C(=O)NC3CCC(C(F)(F)F)CC3)c(N3CCC4(CC4)C3)cc21. The largest absolute Gasteiger partial charge is 0.391 e. The summed E-state index contributed by atoms with van der Waals surface area (Å²) in [6.07, 6.45) is -0.179. The van der Waals surface area contributed by atoms with Gasteiger partial charge in [0, 0.05) is 38.1 Å². The Morgan fingerprint density at radius 3 is 2.36 bits per heavy atom. The summed E-state index contributed by atoms with van der Waals surface area (Å²) < 4.78 is 41.6. The van der Waals surface area contributed by atoms with Crippen LogP contribution in [0.4, 0.5) is 30.5 Å². The number of carbonyl (C=O) groups excluding carboxylic acids is 2. The number of hydrogen-bond donors (Lipinski definition) is 3. The van der Waals surface area contributed by atoms with Crippen LogP contribution in [0.5, 0.6) is 0 Å². The summed E-state index contributed by atoms with van der Waals surface area (Å²) in [6, 6.07) is 6.91. The summed E-state index contributed by atoms with van der Waals surface area (Å²) in [6.45, 7) is 7.42. The summed E-state index contributed by atoms with van der Waals surface area (Å²) in [7, 11) is 1.86. The molecular weight excluding hydrogens is 652 g/mol. The minimum atomic E-state index is -4.20. The smallest absolute Gasteiger partial charge is 0.370 e. The van der Waals surface area contributed by atoms with Crippen molar-refractivity contribution >= 4 is 63.4 Å². The first-order chi connectivity index (χ1) is 22.0. The van der Waals surface area contributed by atoms with E-state index in [-0.39, 0.29) is 37.2 Å². The quantitative estimate of drug-likeness (QED) is 0.233. The number of amides is 2. The van der Waals surface area contributed by atoms with Gasteiger partial charge in [0.25, 0.3) is 5.91 Å². The van der Waals surface area contributed by atoms with Crippen molar-refractivity contribution in [2.45, 2.75) is 84.5 Å². The molecule has 8 nitrogen and oxygen atoms in total. The minimum Gasteiger partial charge on any atom is -0.370 e. The number of benzene rings is 2. The minimum absolute atomic E-state index is 0.0134. The second kappa shape index (κ2) is 12.4. The maximum absolute atomic E-state index is 13.8. The van der Waals surface area contributed by atoms with Crippen LogP contribution in [0.25, 0.3) is 11.0 Å². The Hall–Kier alpha value is -3.18. The van der Waals surface area contributed by atoms with Crippen molar-refractivity contribution in [3.63, 3.8) is 0 Å². The second-order valence-electron chi connectivity index (χ2n) is 14.5. The monoisotopic (exact) mass is 692 g/mol. The first-order valence-electron chi connectivity index (χ1n) is 16.2. The van der Waals surface area contributed by atoms with Gasteiger partial charge in [-0.05, 0) is 74.1 Å². The average molecular weight is 694 g/mol. The number of anilines is 3. The van der Waals surface area contributed by atoms with Crippen LogP contribution in [0.1, 0.15) is 81.6 Å². The van der Waals surface area contributed by atoms with E-state index in [0.29, 0.717) is 56.6 Å². The molecule has 3 fully saturated rings. The van der Waals surface area contributed by atoms with Gasteiger partial charge in [0.1, 0.15) is 0 Å². The lowest BCUT2D eigenvalue weighted by molar-refractivity contribution is -0.182. The van der Waals surface area contributed by atoms with Crippen LogP contribution in [0.15, 0.2) is 24.3 Å². The van der Waals surface area contributed by atoms with Crippen molar-refractivity contribution in [1.29, 1.82) is 0 Å². The Morgan fingerprint density at radius 2 is 1.74 bits per heavy atom. The van der Waals surface area contributed by atoms with E-state index in [9.17, 15) is 22.8 Å². The van der Waals surface area contributed by atoms with Crippen LogP contribution >= 0.6 is 23.2 Å².